The molecule has 0 aliphatic carbocycles. The highest BCUT2D eigenvalue weighted by molar-refractivity contribution is 8.00. The van der Waals surface area contributed by atoms with Gasteiger partial charge in [-0.2, -0.15) is 10.1 Å². The Balaban J connectivity index is 1.86. The summed E-state index contributed by atoms with van der Waals surface area (Å²) in [6.07, 6.45) is -1.82. The van der Waals surface area contributed by atoms with Gasteiger partial charge in [0.25, 0.3) is 0 Å². The van der Waals surface area contributed by atoms with E-state index in [4.69, 9.17) is 14.2 Å². The second-order valence-electron chi connectivity index (χ2n) is 10.8. The van der Waals surface area contributed by atoms with Gasteiger partial charge in [-0.05, 0) is 59.2 Å². The summed E-state index contributed by atoms with van der Waals surface area (Å²) in [5.41, 5.74) is 0.0620. The Morgan fingerprint density at radius 3 is 2.16 bits per heavy atom. The lowest BCUT2D eigenvalue weighted by molar-refractivity contribution is -0.116. The number of ether oxygens (including phenoxy) is 3. The Hall–Kier alpha value is -3.67. The van der Waals surface area contributed by atoms with Crippen molar-refractivity contribution in [1.82, 2.24) is 19.7 Å². The number of amides is 2. The van der Waals surface area contributed by atoms with Crippen LogP contribution in [0, 0.1) is 0 Å². The molecule has 11 nitrogen and oxygen atoms in total. The molecule has 1 aliphatic rings. The van der Waals surface area contributed by atoms with Crippen LogP contribution in [0.25, 0.3) is 11.0 Å². The third-order valence-corrected chi connectivity index (χ3v) is 6.23. The van der Waals surface area contributed by atoms with E-state index in [1.165, 1.54) is 11.8 Å². The summed E-state index contributed by atoms with van der Waals surface area (Å²) in [5.74, 6) is 0.662. The molecule has 0 saturated carbocycles. The third kappa shape index (κ3) is 6.24. The number of Topliss-reactive ketones (excluding diaryl/α,β-unsaturated/α-hetero) is 1. The number of imide groups is 1. The molecule has 2 amide bonds. The number of anilines is 1. The fourth-order valence-electron chi connectivity index (χ4n) is 3.68. The van der Waals surface area contributed by atoms with Gasteiger partial charge in [-0.3, -0.25) is 4.79 Å². The molecule has 0 radical (unpaired) electrons. The van der Waals surface area contributed by atoms with Crippen molar-refractivity contribution >= 4 is 46.7 Å². The van der Waals surface area contributed by atoms with Crippen LogP contribution in [-0.2, 0) is 27.2 Å². The number of nitrogens with zero attached hydrogens (tertiary/aromatic N) is 5. The van der Waals surface area contributed by atoms with Gasteiger partial charge in [0.05, 0.1) is 36.9 Å². The molecule has 0 fully saturated rings. The summed E-state index contributed by atoms with van der Waals surface area (Å²) in [4.78, 5) is 48.8. The van der Waals surface area contributed by atoms with E-state index in [2.05, 4.69) is 15.1 Å². The van der Waals surface area contributed by atoms with Gasteiger partial charge < -0.3 is 14.2 Å². The summed E-state index contributed by atoms with van der Waals surface area (Å²) in [7, 11) is 1.59. The van der Waals surface area contributed by atoms with Crippen LogP contribution in [0.5, 0.6) is 5.75 Å². The van der Waals surface area contributed by atoms with Crippen LogP contribution >= 0.6 is 11.8 Å². The zero-order valence-corrected chi connectivity index (χ0v) is 23.3. The summed E-state index contributed by atoms with van der Waals surface area (Å²) >= 11 is 1.21. The first-order valence-corrected chi connectivity index (χ1v) is 13.0. The summed E-state index contributed by atoms with van der Waals surface area (Å²) in [6.45, 7) is 10.5. The molecule has 3 heterocycles. The minimum Gasteiger partial charge on any atom is -0.497 e. The molecule has 4 rings (SSSR count). The second-order valence-corrected chi connectivity index (χ2v) is 11.7. The molecule has 12 heteroatoms. The minimum atomic E-state index is -0.977. The number of carbonyl (C=O) groups is 3. The molecule has 202 valence electrons. The van der Waals surface area contributed by atoms with Crippen molar-refractivity contribution in [1.29, 1.82) is 0 Å². The summed E-state index contributed by atoms with van der Waals surface area (Å²) in [5, 5.41) is 5.74. The van der Waals surface area contributed by atoms with Crippen molar-refractivity contribution < 1.29 is 28.6 Å². The molecule has 1 aliphatic heterocycles. The first kappa shape index (κ1) is 27.4. The van der Waals surface area contributed by atoms with E-state index in [0.29, 0.717) is 38.9 Å². The van der Waals surface area contributed by atoms with Gasteiger partial charge in [0, 0.05) is 0 Å². The van der Waals surface area contributed by atoms with Crippen LogP contribution in [0.2, 0.25) is 0 Å². The monoisotopic (exact) mass is 541 g/mol. The van der Waals surface area contributed by atoms with E-state index in [9.17, 15) is 14.4 Å². The Morgan fingerprint density at radius 2 is 1.61 bits per heavy atom. The quantitative estimate of drug-likeness (QED) is 0.426. The maximum atomic E-state index is 13.2. The van der Waals surface area contributed by atoms with Gasteiger partial charge in [-0.25, -0.2) is 19.3 Å². The molecule has 38 heavy (non-hydrogen) atoms. The fraction of sp³-hybridized carbons (Fsp3) is 0.462. The molecular weight excluding hydrogens is 510 g/mol. The van der Waals surface area contributed by atoms with Gasteiger partial charge >= 0.3 is 12.2 Å². The van der Waals surface area contributed by atoms with Crippen LogP contribution in [0.4, 0.5) is 15.5 Å². The topological polar surface area (TPSA) is 126 Å². The first-order chi connectivity index (χ1) is 17.7. The van der Waals surface area contributed by atoms with Crippen molar-refractivity contribution in [2.75, 3.05) is 17.8 Å². The number of rotatable bonds is 4. The highest BCUT2D eigenvalue weighted by Crippen LogP contribution is 2.34. The molecule has 0 unspecified atom stereocenters. The molecule has 0 spiro atoms. The number of hydrogen-bond donors (Lipinski definition) is 0. The molecule has 0 saturated heterocycles. The zero-order valence-electron chi connectivity index (χ0n) is 22.5. The number of aromatic nitrogens is 4. The Labute approximate surface area is 224 Å². The molecule has 3 aromatic rings. The van der Waals surface area contributed by atoms with Crippen LogP contribution in [0.15, 0.2) is 29.3 Å². The molecule has 0 atom stereocenters. The van der Waals surface area contributed by atoms with Crippen molar-refractivity contribution in [3.05, 3.63) is 35.5 Å². The molecule has 1 aromatic carbocycles. The fourth-order valence-corrected chi connectivity index (χ4v) is 4.58. The van der Waals surface area contributed by atoms with Crippen molar-refractivity contribution in [2.45, 2.75) is 70.7 Å². The zero-order chi connectivity index (χ0) is 27.8. The Bertz CT molecular complexity index is 1360. The van der Waals surface area contributed by atoms with E-state index in [1.54, 1.807) is 53.3 Å². The predicted molar refractivity (Wildman–Crippen MR) is 142 cm³/mol. The Morgan fingerprint density at radius 1 is 1.00 bits per heavy atom. The van der Waals surface area contributed by atoms with Crippen LogP contribution in [0.3, 0.4) is 0 Å². The van der Waals surface area contributed by atoms with Crippen LogP contribution < -0.4 is 9.64 Å². The Kier molecular flexibility index (Phi) is 7.37. The van der Waals surface area contributed by atoms with Crippen molar-refractivity contribution in [3.8, 4) is 5.75 Å². The first-order valence-electron chi connectivity index (χ1n) is 12.0. The van der Waals surface area contributed by atoms with E-state index < -0.39 is 23.4 Å². The third-order valence-electron chi connectivity index (χ3n) is 5.20. The van der Waals surface area contributed by atoms with Gasteiger partial charge in [-0.15, -0.1) is 4.90 Å². The number of benzene rings is 1. The van der Waals surface area contributed by atoms with Gasteiger partial charge in [0.15, 0.2) is 5.65 Å². The minimum absolute atomic E-state index is 0.0123. The molecule has 0 bridgehead atoms. The van der Waals surface area contributed by atoms with Crippen LogP contribution in [0.1, 0.15) is 52.8 Å². The molecular formula is C26H31N5O6S. The van der Waals surface area contributed by atoms with E-state index >= 15 is 0 Å². The second kappa shape index (κ2) is 10.2. The van der Waals surface area contributed by atoms with Gasteiger partial charge in [0.2, 0.25) is 5.95 Å². The van der Waals surface area contributed by atoms with E-state index in [1.807, 2.05) is 24.3 Å². The normalized spacial score (nSPS) is 13.7. The van der Waals surface area contributed by atoms with Crippen LogP contribution in [-0.4, -0.2) is 61.8 Å². The lowest BCUT2D eigenvalue weighted by Crippen LogP contribution is -2.44. The number of carbonyl (C=O) groups excluding carboxylic acids is 3. The van der Waals surface area contributed by atoms with Crippen molar-refractivity contribution in [3.63, 3.8) is 0 Å². The van der Waals surface area contributed by atoms with Gasteiger partial charge in [-0.1, -0.05) is 23.9 Å². The van der Waals surface area contributed by atoms with E-state index in [-0.39, 0.29) is 23.9 Å². The highest BCUT2D eigenvalue weighted by atomic mass is 32.2. The summed E-state index contributed by atoms with van der Waals surface area (Å²) in [6, 6.07) is 7.47. The lowest BCUT2D eigenvalue weighted by Gasteiger charge is -2.27. The largest absolute Gasteiger partial charge is 0.497 e. The number of methoxy groups -OCH3 is 1. The van der Waals surface area contributed by atoms with Crippen molar-refractivity contribution in [2.24, 2.45) is 0 Å². The smallest absolute Gasteiger partial charge is 0.427 e. The standard InChI is InChI=1S/C26H31N5O6S/c1-25(2,3)36-23(33)31(24(34)37-26(4,5)6)22-27-20-19-18(12-16(32)14-38-21(19)28-22)29-30(20)13-15-8-10-17(35-7)11-9-15/h8-11H,12-14H2,1-7H3. The maximum Gasteiger partial charge on any atom is 0.427 e. The summed E-state index contributed by atoms with van der Waals surface area (Å²) < 4.78 is 17.9. The average molecular weight is 542 g/mol. The highest BCUT2D eigenvalue weighted by Gasteiger charge is 2.36. The number of ketones is 1. The predicted octanol–water partition coefficient (Wildman–Crippen LogP) is 4.78. The number of hydrogen-bond acceptors (Lipinski definition) is 10. The molecule has 0 N–H and O–H groups in total. The average Bonchev–Trinajstić information content (AvgIpc) is 3.03. The SMILES string of the molecule is COc1ccc(Cn2nc3c4c(nc(N(C(=O)OC(C)(C)C)C(=O)OC(C)(C)C)nc42)SCC(=O)C3)cc1. The lowest BCUT2D eigenvalue weighted by atomic mass is 10.2. The number of thioether (sulfide) groups is 1. The molecule has 2 aromatic heterocycles. The maximum absolute atomic E-state index is 13.2. The van der Waals surface area contributed by atoms with E-state index in [0.717, 1.165) is 5.56 Å². The van der Waals surface area contributed by atoms with Gasteiger partial charge in [0.1, 0.15) is 27.8 Å².